The summed E-state index contributed by atoms with van der Waals surface area (Å²) >= 11 is 0. The Kier molecular flexibility index (Phi) is 26.3. The molecular weight excluding hydrogens is 484 g/mol. The minimum absolute atomic E-state index is 0.870. The normalized spacial score (nSPS) is 22.1. The summed E-state index contributed by atoms with van der Waals surface area (Å²) < 4.78 is 0. The molecule has 1 fully saturated rings. The Balaban J connectivity index is 2.70. The van der Waals surface area contributed by atoms with Crippen molar-refractivity contribution in [2.24, 2.45) is 41.1 Å². The van der Waals surface area contributed by atoms with E-state index in [9.17, 15) is 0 Å². The fourth-order valence-electron chi connectivity index (χ4n) is 8.09. The van der Waals surface area contributed by atoms with Crippen LogP contribution in [0.1, 0.15) is 201 Å². The average molecular weight is 563 g/mol. The average Bonchev–Trinajstić information content (AvgIpc) is 2.95. The minimum atomic E-state index is 0.870. The third-order valence-electron chi connectivity index (χ3n) is 10.6. The second kappa shape index (κ2) is 27.7. The van der Waals surface area contributed by atoms with Crippen LogP contribution in [0.15, 0.2) is 0 Å². The summed E-state index contributed by atoms with van der Waals surface area (Å²) in [6.45, 7) is 9.08. The van der Waals surface area contributed by atoms with Crippen molar-refractivity contribution < 1.29 is 0 Å². The van der Waals surface area contributed by atoms with E-state index in [0.717, 1.165) is 42.7 Å². The second-order valence-corrected chi connectivity index (χ2v) is 14.2. The summed E-state index contributed by atoms with van der Waals surface area (Å²) in [6, 6.07) is 0. The number of hydrogen-bond donors (Lipinski definition) is 2. The molecule has 5 atom stereocenters. The molecule has 40 heavy (non-hydrogen) atoms. The van der Waals surface area contributed by atoms with E-state index >= 15 is 0 Å². The predicted octanol–water partition coefficient (Wildman–Crippen LogP) is 12.0. The van der Waals surface area contributed by atoms with E-state index in [1.807, 2.05) is 0 Å². The molecule has 0 amide bonds. The topological polar surface area (TPSA) is 52.0 Å². The first kappa shape index (κ1) is 37.9. The molecule has 240 valence electrons. The monoisotopic (exact) mass is 563 g/mol. The second-order valence-electron chi connectivity index (χ2n) is 14.2. The molecule has 0 aromatic carbocycles. The van der Waals surface area contributed by atoms with E-state index < -0.39 is 0 Å². The molecule has 1 rings (SSSR count). The van der Waals surface area contributed by atoms with E-state index in [1.165, 1.54) is 167 Å². The van der Waals surface area contributed by atoms with Gasteiger partial charge in [-0.15, -0.1) is 0 Å². The van der Waals surface area contributed by atoms with Gasteiger partial charge in [0.15, 0.2) is 0 Å². The molecule has 0 radical (unpaired) electrons. The van der Waals surface area contributed by atoms with Gasteiger partial charge in [0.1, 0.15) is 0 Å². The van der Waals surface area contributed by atoms with Gasteiger partial charge in [-0.25, -0.2) is 0 Å². The Morgan fingerprint density at radius 2 is 0.875 bits per heavy atom. The van der Waals surface area contributed by atoms with Crippen LogP contribution in [0.25, 0.3) is 0 Å². The summed E-state index contributed by atoms with van der Waals surface area (Å²) in [5.41, 5.74) is 11.4. The maximum Gasteiger partial charge on any atom is -0.00773 e. The Bertz CT molecular complexity index is 506. The van der Waals surface area contributed by atoms with Crippen molar-refractivity contribution >= 4 is 0 Å². The standard InChI is InChI=1S/C38H78N2/c1-4-6-19-25-34(3)33-38-36(26-20-7-5-2)30-29-35(27-21-15-11-8-9-13-17-23-31-39)37(38)28-22-16-12-10-14-18-24-32-40/h34-38H,4-33,39-40H2,1-3H3/t34-,35?,36?,37?,38?/m0/s1. The highest BCUT2D eigenvalue weighted by Crippen LogP contribution is 2.48. The van der Waals surface area contributed by atoms with E-state index in [4.69, 9.17) is 11.5 Å². The van der Waals surface area contributed by atoms with Crippen molar-refractivity contribution in [1.29, 1.82) is 0 Å². The molecule has 1 aliphatic carbocycles. The van der Waals surface area contributed by atoms with Crippen LogP contribution in [0, 0.1) is 29.6 Å². The number of hydrogen-bond acceptors (Lipinski definition) is 2. The third-order valence-corrected chi connectivity index (χ3v) is 10.6. The van der Waals surface area contributed by atoms with Crippen molar-refractivity contribution in [1.82, 2.24) is 0 Å². The lowest BCUT2D eigenvalue weighted by Crippen LogP contribution is -2.36. The molecule has 0 aromatic rings. The lowest BCUT2D eigenvalue weighted by atomic mass is 9.60. The quantitative estimate of drug-likeness (QED) is 0.0890. The van der Waals surface area contributed by atoms with Crippen LogP contribution in [0.2, 0.25) is 0 Å². The molecule has 2 nitrogen and oxygen atoms in total. The van der Waals surface area contributed by atoms with Crippen LogP contribution in [0.4, 0.5) is 0 Å². The highest BCUT2D eigenvalue weighted by atomic mass is 14.5. The zero-order valence-corrected chi connectivity index (χ0v) is 28.3. The van der Waals surface area contributed by atoms with Crippen LogP contribution < -0.4 is 11.5 Å². The van der Waals surface area contributed by atoms with Crippen LogP contribution in [0.3, 0.4) is 0 Å². The molecule has 0 saturated heterocycles. The highest BCUT2D eigenvalue weighted by molar-refractivity contribution is 4.88. The van der Waals surface area contributed by atoms with Gasteiger partial charge in [-0.2, -0.15) is 0 Å². The van der Waals surface area contributed by atoms with Gasteiger partial charge < -0.3 is 11.5 Å². The summed E-state index contributed by atoms with van der Waals surface area (Å²) in [7, 11) is 0. The van der Waals surface area contributed by atoms with Crippen molar-refractivity contribution in [2.75, 3.05) is 13.1 Å². The Morgan fingerprint density at radius 3 is 1.38 bits per heavy atom. The van der Waals surface area contributed by atoms with Crippen molar-refractivity contribution in [3.63, 3.8) is 0 Å². The minimum Gasteiger partial charge on any atom is -0.330 e. The molecule has 0 heterocycles. The molecule has 1 saturated carbocycles. The summed E-state index contributed by atoms with van der Waals surface area (Å²) in [4.78, 5) is 0. The highest BCUT2D eigenvalue weighted by Gasteiger charge is 2.38. The van der Waals surface area contributed by atoms with E-state index in [0.29, 0.717) is 0 Å². The van der Waals surface area contributed by atoms with Gasteiger partial charge >= 0.3 is 0 Å². The SMILES string of the molecule is CCCCCC1CCC(CCCCCCCCCCN)C(CCCCCCCCCN)C1C[C@@H](C)CCCCC. The van der Waals surface area contributed by atoms with Crippen LogP contribution >= 0.6 is 0 Å². The largest absolute Gasteiger partial charge is 0.330 e. The van der Waals surface area contributed by atoms with E-state index in [2.05, 4.69) is 20.8 Å². The zero-order chi connectivity index (χ0) is 29.1. The van der Waals surface area contributed by atoms with Gasteiger partial charge in [-0.05, 0) is 81.2 Å². The smallest absolute Gasteiger partial charge is 0.00773 e. The predicted molar refractivity (Wildman–Crippen MR) is 182 cm³/mol. The van der Waals surface area contributed by atoms with Crippen molar-refractivity contribution in [2.45, 2.75) is 201 Å². The van der Waals surface area contributed by atoms with Gasteiger partial charge in [-0.1, -0.05) is 162 Å². The molecule has 0 aliphatic heterocycles. The van der Waals surface area contributed by atoms with Gasteiger partial charge in [0.25, 0.3) is 0 Å². The molecule has 0 bridgehead atoms. The molecule has 4 N–H and O–H groups in total. The van der Waals surface area contributed by atoms with Crippen molar-refractivity contribution in [3.8, 4) is 0 Å². The molecule has 1 aliphatic rings. The first-order chi connectivity index (χ1) is 19.7. The molecule has 0 spiro atoms. The fourth-order valence-corrected chi connectivity index (χ4v) is 8.09. The summed E-state index contributed by atoms with van der Waals surface area (Å²) in [5, 5.41) is 0. The lowest BCUT2D eigenvalue weighted by molar-refractivity contribution is 0.0490. The fraction of sp³-hybridized carbons (Fsp3) is 1.00. The Morgan fingerprint density at radius 1 is 0.475 bits per heavy atom. The van der Waals surface area contributed by atoms with E-state index in [1.54, 1.807) is 12.8 Å². The van der Waals surface area contributed by atoms with Crippen LogP contribution in [-0.4, -0.2) is 13.1 Å². The van der Waals surface area contributed by atoms with Crippen LogP contribution in [-0.2, 0) is 0 Å². The van der Waals surface area contributed by atoms with Gasteiger partial charge in [-0.3, -0.25) is 0 Å². The molecule has 2 heteroatoms. The van der Waals surface area contributed by atoms with Gasteiger partial charge in [0.05, 0.1) is 0 Å². The Hall–Kier alpha value is -0.0800. The first-order valence-electron chi connectivity index (χ1n) is 19.1. The maximum absolute atomic E-state index is 5.69. The number of nitrogens with two attached hydrogens (primary N) is 2. The first-order valence-corrected chi connectivity index (χ1v) is 19.1. The molecule has 0 aromatic heterocycles. The van der Waals surface area contributed by atoms with E-state index in [-0.39, 0.29) is 0 Å². The number of unbranched alkanes of at least 4 members (excludes halogenated alkanes) is 17. The summed E-state index contributed by atoms with van der Waals surface area (Å²) in [6.07, 6.45) is 40.2. The van der Waals surface area contributed by atoms with Gasteiger partial charge in [0, 0.05) is 0 Å². The summed E-state index contributed by atoms with van der Waals surface area (Å²) in [5.74, 6) is 4.99. The third kappa shape index (κ3) is 19.2. The maximum atomic E-state index is 5.69. The van der Waals surface area contributed by atoms with Crippen molar-refractivity contribution in [3.05, 3.63) is 0 Å². The number of rotatable bonds is 29. The lowest BCUT2D eigenvalue weighted by Gasteiger charge is -2.45. The molecule has 4 unspecified atom stereocenters. The van der Waals surface area contributed by atoms with Gasteiger partial charge in [0.2, 0.25) is 0 Å². The Labute approximate surface area is 254 Å². The molecular formula is C38H78N2. The zero-order valence-electron chi connectivity index (χ0n) is 28.3. The van der Waals surface area contributed by atoms with Crippen LogP contribution in [0.5, 0.6) is 0 Å².